The topological polar surface area (TPSA) is 90.4 Å². The standard InChI is InChI=1S/C19H33N3O5/c1-19(2,3)27-18(26)22-10-6-7-14(15(22)17(24)25)16(23)21(13-8-9-13)12-11-20(4)5/h13-15H,6-12H2,1-5H3,(H,24,25)/t14-,15+/m0/s1. The highest BCUT2D eigenvalue weighted by Gasteiger charge is 2.47. The predicted molar refractivity (Wildman–Crippen MR) is 100 cm³/mol. The molecule has 2 rings (SSSR count). The zero-order valence-electron chi connectivity index (χ0n) is 17.1. The fraction of sp³-hybridized carbons (Fsp3) is 0.842. The average Bonchev–Trinajstić information content (AvgIpc) is 3.37. The third-order valence-electron chi connectivity index (χ3n) is 4.89. The fourth-order valence-electron chi connectivity index (χ4n) is 3.46. The molecule has 154 valence electrons. The highest BCUT2D eigenvalue weighted by molar-refractivity contribution is 5.90. The van der Waals surface area contributed by atoms with E-state index in [2.05, 4.69) is 0 Å². The molecule has 0 aromatic rings. The first-order valence-electron chi connectivity index (χ1n) is 9.69. The van der Waals surface area contributed by atoms with Crippen LogP contribution in [-0.2, 0) is 14.3 Å². The summed E-state index contributed by atoms with van der Waals surface area (Å²) in [6.07, 6.45) is 2.31. The van der Waals surface area contributed by atoms with Crippen molar-refractivity contribution in [3.8, 4) is 0 Å². The van der Waals surface area contributed by atoms with Crippen molar-refractivity contribution in [2.24, 2.45) is 5.92 Å². The summed E-state index contributed by atoms with van der Waals surface area (Å²) in [4.78, 5) is 42.8. The van der Waals surface area contributed by atoms with Crippen molar-refractivity contribution in [2.75, 3.05) is 33.7 Å². The Balaban J connectivity index is 2.18. The number of carbonyl (C=O) groups is 3. The van der Waals surface area contributed by atoms with E-state index in [4.69, 9.17) is 4.74 Å². The second kappa shape index (κ2) is 8.46. The van der Waals surface area contributed by atoms with Gasteiger partial charge < -0.3 is 19.6 Å². The maximum absolute atomic E-state index is 13.2. The van der Waals surface area contributed by atoms with E-state index in [0.717, 1.165) is 19.4 Å². The van der Waals surface area contributed by atoms with Gasteiger partial charge in [-0.2, -0.15) is 0 Å². The molecule has 8 heteroatoms. The number of nitrogens with zero attached hydrogens (tertiary/aromatic N) is 3. The van der Waals surface area contributed by atoms with E-state index in [-0.39, 0.29) is 18.5 Å². The lowest BCUT2D eigenvalue weighted by Crippen LogP contribution is -2.58. The summed E-state index contributed by atoms with van der Waals surface area (Å²) in [5.74, 6) is -2.03. The van der Waals surface area contributed by atoms with E-state index < -0.39 is 29.6 Å². The maximum atomic E-state index is 13.2. The van der Waals surface area contributed by atoms with E-state index in [0.29, 0.717) is 19.4 Å². The lowest BCUT2D eigenvalue weighted by atomic mass is 9.88. The van der Waals surface area contributed by atoms with Crippen LogP contribution in [0.4, 0.5) is 4.79 Å². The molecule has 2 amide bonds. The van der Waals surface area contributed by atoms with Crippen LogP contribution in [0.5, 0.6) is 0 Å². The lowest BCUT2D eigenvalue weighted by molar-refractivity contribution is -0.154. The van der Waals surface area contributed by atoms with Crippen molar-refractivity contribution in [1.29, 1.82) is 0 Å². The number of amides is 2. The summed E-state index contributed by atoms with van der Waals surface area (Å²) >= 11 is 0. The molecule has 0 radical (unpaired) electrons. The molecular formula is C19H33N3O5. The first-order valence-corrected chi connectivity index (χ1v) is 9.69. The highest BCUT2D eigenvalue weighted by atomic mass is 16.6. The van der Waals surface area contributed by atoms with Crippen LogP contribution < -0.4 is 0 Å². The van der Waals surface area contributed by atoms with Gasteiger partial charge in [-0.3, -0.25) is 9.69 Å². The van der Waals surface area contributed by atoms with Gasteiger partial charge in [-0.1, -0.05) is 0 Å². The Morgan fingerprint density at radius 3 is 2.22 bits per heavy atom. The molecule has 1 aliphatic carbocycles. The molecule has 1 aliphatic heterocycles. The Morgan fingerprint density at radius 1 is 1.11 bits per heavy atom. The first-order chi connectivity index (χ1) is 12.5. The van der Waals surface area contributed by atoms with Gasteiger partial charge in [0.1, 0.15) is 11.6 Å². The van der Waals surface area contributed by atoms with Crippen molar-refractivity contribution < 1.29 is 24.2 Å². The summed E-state index contributed by atoms with van der Waals surface area (Å²) in [5.41, 5.74) is -0.719. The van der Waals surface area contributed by atoms with Gasteiger partial charge >= 0.3 is 12.1 Å². The molecule has 0 unspecified atom stereocenters. The third kappa shape index (κ3) is 5.82. The molecule has 1 heterocycles. The predicted octanol–water partition coefficient (Wildman–Crippen LogP) is 1.64. The van der Waals surface area contributed by atoms with Crippen LogP contribution in [0.15, 0.2) is 0 Å². The van der Waals surface area contributed by atoms with Gasteiger partial charge in [-0.05, 0) is 60.5 Å². The van der Waals surface area contributed by atoms with E-state index in [9.17, 15) is 19.5 Å². The summed E-state index contributed by atoms with van der Waals surface area (Å²) in [7, 11) is 3.89. The number of carboxylic acids is 1. The molecule has 2 aliphatic rings. The van der Waals surface area contributed by atoms with Crippen LogP contribution in [0.25, 0.3) is 0 Å². The highest BCUT2D eigenvalue weighted by Crippen LogP contribution is 2.33. The van der Waals surface area contributed by atoms with E-state index >= 15 is 0 Å². The van der Waals surface area contributed by atoms with Gasteiger partial charge in [-0.25, -0.2) is 9.59 Å². The Morgan fingerprint density at radius 2 is 1.74 bits per heavy atom. The van der Waals surface area contributed by atoms with Gasteiger partial charge in [0.05, 0.1) is 5.92 Å². The summed E-state index contributed by atoms with van der Waals surface area (Å²) in [6, 6.07) is -0.981. The molecular weight excluding hydrogens is 350 g/mol. The SMILES string of the molecule is CN(C)CCN(C(=O)[C@H]1CCCN(C(=O)OC(C)(C)C)[C@H]1C(=O)O)C1CC1. The number of piperidine rings is 1. The quantitative estimate of drug-likeness (QED) is 0.750. The third-order valence-corrected chi connectivity index (χ3v) is 4.89. The summed E-state index contributed by atoms with van der Waals surface area (Å²) in [6.45, 7) is 6.81. The monoisotopic (exact) mass is 383 g/mol. The van der Waals surface area contributed by atoms with Crippen molar-refractivity contribution >= 4 is 18.0 Å². The number of carbonyl (C=O) groups excluding carboxylic acids is 2. The Hall–Kier alpha value is -1.83. The van der Waals surface area contributed by atoms with Crippen LogP contribution in [0, 0.1) is 5.92 Å². The smallest absolute Gasteiger partial charge is 0.411 e. The number of carboxylic acid groups (broad SMARTS) is 1. The summed E-state index contributed by atoms with van der Waals surface area (Å²) in [5, 5.41) is 9.80. The molecule has 2 fully saturated rings. The second-order valence-corrected chi connectivity index (χ2v) is 8.77. The van der Waals surface area contributed by atoms with Crippen molar-refractivity contribution in [3.63, 3.8) is 0 Å². The van der Waals surface area contributed by atoms with Crippen LogP contribution >= 0.6 is 0 Å². The lowest BCUT2D eigenvalue weighted by Gasteiger charge is -2.40. The molecule has 1 saturated heterocycles. The van der Waals surface area contributed by atoms with E-state index in [1.807, 2.05) is 23.9 Å². The summed E-state index contributed by atoms with van der Waals surface area (Å²) < 4.78 is 5.38. The number of likely N-dealkylation sites (tertiary alicyclic amines) is 1. The van der Waals surface area contributed by atoms with Gasteiger partial charge in [-0.15, -0.1) is 0 Å². The second-order valence-electron chi connectivity index (χ2n) is 8.77. The van der Waals surface area contributed by atoms with Crippen LogP contribution in [0.2, 0.25) is 0 Å². The first kappa shape index (κ1) is 21.5. The largest absolute Gasteiger partial charge is 0.480 e. The van der Waals surface area contributed by atoms with Crippen molar-refractivity contribution in [2.45, 2.75) is 64.1 Å². The minimum Gasteiger partial charge on any atom is -0.480 e. The zero-order valence-corrected chi connectivity index (χ0v) is 17.1. The van der Waals surface area contributed by atoms with Crippen LogP contribution in [0.3, 0.4) is 0 Å². The minimum atomic E-state index is -1.18. The Bertz CT molecular complexity index is 568. The molecule has 1 saturated carbocycles. The fourth-order valence-corrected chi connectivity index (χ4v) is 3.46. The Kier molecular flexibility index (Phi) is 6.72. The molecule has 0 aromatic carbocycles. The zero-order chi connectivity index (χ0) is 20.4. The molecule has 27 heavy (non-hydrogen) atoms. The van der Waals surface area contributed by atoms with Gasteiger partial charge in [0, 0.05) is 25.7 Å². The number of hydrogen-bond donors (Lipinski definition) is 1. The normalized spacial score (nSPS) is 23.3. The number of hydrogen-bond acceptors (Lipinski definition) is 5. The molecule has 0 aromatic heterocycles. The minimum absolute atomic E-state index is 0.153. The molecule has 0 bridgehead atoms. The van der Waals surface area contributed by atoms with Crippen molar-refractivity contribution in [1.82, 2.24) is 14.7 Å². The van der Waals surface area contributed by atoms with E-state index in [1.54, 1.807) is 20.8 Å². The number of likely N-dealkylation sites (N-methyl/N-ethyl adjacent to an activating group) is 1. The maximum Gasteiger partial charge on any atom is 0.411 e. The van der Waals surface area contributed by atoms with Crippen molar-refractivity contribution in [3.05, 3.63) is 0 Å². The molecule has 0 spiro atoms. The molecule has 2 atom stereocenters. The van der Waals surface area contributed by atoms with Gasteiger partial charge in [0.2, 0.25) is 5.91 Å². The van der Waals surface area contributed by atoms with Gasteiger partial charge in [0.15, 0.2) is 0 Å². The van der Waals surface area contributed by atoms with Crippen LogP contribution in [0.1, 0.15) is 46.5 Å². The number of aliphatic carboxylic acids is 1. The van der Waals surface area contributed by atoms with E-state index in [1.165, 1.54) is 4.90 Å². The number of rotatable bonds is 6. The Labute approximate surface area is 161 Å². The van der Waals surface area contributed by atoms with Crippen LogP contribution in [-0.4, -0.2) is 89.2 Å². The van der Waals surface area contributed by atoms with Gasteiger partial charge in [0.25, 0.3) is 0 Å². The average molecular weight is 383 g/mol. The molecule has 8 nitrogen and oxygen atoms in total. The number of ether oxygens (including phenoxy) is 1. The molecule has 1 N–H and O–H groups in total.